The molecule has 17 heteroatoms. The van der Waals surface area contributed by atoms with Gasteiger partial charge in [0.1, 0.15) is 0 Å². The lowest BCUT2D eigenvalue weighted by Gasteiger charge is -2.64. The Kier molecular flexibility index (Phi) is 3.79. The Morgan fingerprint density at radius 3 is 0.786 bits per heavy atom. The lowest BCUT2D eigenvalue weighted by atomic mass is 9.51. The van der Waals surface area contributed by atoms with Crippen molar-refractivity contribution in [3.05, 3.63) is 0 Å². The minimum absolute atomic E-state index is 1.63. The number of alkyl halides is 17. The van der Waals surface area contributed by atoms with Crippen molar-refractivity contribution in [3.63, 3.8) is 0 Å². The molecule has 28 heavy (non-hydrogen) atoms. The minimum atomic E-state index is -8.27. The van der Waals surface area contributed by atoms with Crippen molar-refractivity contribution in [1.29, 1.82) is 0 Å². The third kappa shape index (κ3) is 1.47. The molecule has 2 aliphatic rings. The zero-order chi connectivity index (χ0) is 23.0. The van der Waals surface area contributed by atoms with E-state index in [-0.39, 0.29) is 0 Å². The second-order valence-corrected chi connectivity index (χ2v) is 6.34. The molecule has 0 nitrogen and oxygen atoms in total. The zero-order valence-electron chi connectivity index (χ0n) is 12.4. The first kappa shape index (κ1) is 23.1. The standard InChI is InChI=1S/C11H3F17/c1-2(12)3(13)4(14,7(19,20)9(23,24)5(2,15)16)8(21,22)11(27,28)10(25,26)6(3,17)18/h1H3/t2-,3-,4-/m1/s1. The molecule has 0 bridgehead atoms. The largest absolute Gasteiger partial charge is 0.382 e. The molecular weight excluding hydrogens is 455 g/mol. The van der Waals surface area contributed by atoms with Crippen LogP contribution in [0.2, 0.25) is 0 Å². The maximum absolute atomic E-state index is 14.5. The molecule has 0 amide bonds. The van der Waals surface area contributed by atoms with Gasteiger partial charge in [-0.05, 0) is 6.92 Å². The van der Waals surface area contributed by atoms with Gasteiger partial charge in [-0.3, -0.25) is 0 Å². The number of fused-ring (bicyclic) bond motifs is 1. The molecule has 0 aromatic carbocycles. The molecule has 0 aromatic heterocycles. The summed E-state index contributed by atoms with van der Waals surface area (Å²) in [6.45, 7) is -1.63. The highest BCUT2D eigenvalue weighted by atomic mass is 19.4. The summed E-state index contributed by atoms with van der Waals surface area (Å²) in [5, 5.41) is 0. The van der Waals surface area contributed by atoms with Crippen LogP contribution in [-0.2, 0) is 0 Å². The van der Waals surface area contributed by atoms with E-state index < -0.39 is 65.4 Å². The van der Waals surface area contributed by atoms with Gasteiger partial charge in [-0.1, -0.05) is 0 Å². The Hall–Kier alpha value is -1.19. The van der Waals surface area contributed by atoms with Gasteiger partial charge in [0.2, 0.25) is 5.67 Å². The highest BCUT2D eigenvalue weighted by Gasteiger charge is 3.13. The van der Waals surface area contributed by atoms with Crippen LogP contribution in [0.25, 0.3) is 0 Å². The summed E-state index contributed by atoms with van der Waals surface area (Å²) in [7, 11) is 0. The highest BCUT2D eigenvalue weighted by molar-refractivity contribution is 5.43. The van der Waals surface area contributed by atoms with Gasteiger partial charge in [0.15, 0.2) is 0 Å². The van der Waals surface area contributed by atoms with Gasteiger partial charge in [-0.15, -0.1) is 0 Å². The topological polar surface area (TPSA) is 0 Å². The molecule has 0 unspecified atom stereocenters. The van der Waals surface area contributed by atoms with Crippen molar-refractivity contribution in [3.8, 4) is 0 Å². The molecule has 0 spiro atoms. The first-order valence-corrected chi connectivity index (χ1v) is 6.46. The first-order valence-electron chi connectivity index (χ1n) is 6.46. The molecule has 0 aromatic rings. The maximum Gasteiger partial charge on any atom is 0.382 e. The normalized spacial score (nSPS) is 46.5. The quantitative estimate of drug-likeness (QED) is 0.415. The van der Waals surface area contributed by atoms with Gasteiger partial charge >= 0.3 is 41.5 Å². The third-order valence-corrected chi connectivity index (χ3v) is 4.98. The lowest BCUT2D eigenvalue weighted by Crippen LogP contribution is -2.98. The van der Waals surface area contributed by atoms with Crippen LogP contribution in [0.5, 0.6) is 0 Å². The highest BCUT2D eigenvalue weighted by Crippen LogP contribution is 2.80. The van der Waals surface area contributed by atoms with Crippen molar-refractivity contribution in [2.75, 3.05) is 0 Å². The van der Waals surface area contributed by atoms with E-state index in [1.165, 1.54) is 0 Å². The summed E-state index contributed by atoms with van der Waals surface area (Å²) in [5.41, 5.74) is -23.2. The Balaban J connectivity index is 3.23. The van der Waals surface area contributed by atoms with E-state index in [1.807, 2.05) is 0 Å². The molecular formula is C11H3F17. The van der Waals surface area contributed by atoms with E-state index in [4.69, 9.17) is 0 Å². The van der Waals surface area contributed by atoms with Gasteiger partial charge in [0, 0.05) is 0 Å². The van der Waals surface area contributed by atoms with Crippen LogP contribution in [0, 0.1) is 0 Å². The van der Waals surface area contributed by atoms with Crippen molar-refractivity contribution >= 4 is 0 Å². The molecule has 0 aliphatic heterocycles. The zero-order valence-corrected chi connectivity index (χ0v) is 12.4. The van der Waals surface area contributed by atoms with E-state index in [2.05, 4.69) is 0 Å². The van der Waals surface area contributed by atoms with Crippen LogP contribution < -0.4 is 0 Å². The average Bonchev–Trinajstić information content (AvgIpc) is 2.49. The minimum Gasteiger partial charge on any atom is -0.233 e. The summed E-state index contributed by atoms with van der Waals surface area (Å²) in [5.74, 6) is -56.0. The molecule has 2 fully saturated rings. The van der Waals surface area contributed by atoms with E-state index in [0.29, 0.717) is 0 Å². The van der Waals surface area contributed by atoms with Crippen LogP contribution in [0.3, 0.4) is 0 Å². The number of halogens is 17. The van der Waals surface area contributed by atoms with E-state index >= 15 is 0 Å². The molecule has 0 N–H and O–H groups in total. The monoisotopic (exact) mass is 458 g/mol. The van der Waals surface area contributed by atoms with Crippen molar-refractivity contribution in [2.45, 2.75) is 65.4 Å². The van der Waals surface area contributed by atoms with Crippen molar-refractivity contribution in [2.24, 2.45) is 0 Å². The van der Waals surface area contributed by atoms with Crippen LogP contribution >= 0.6 is 0 Å². The second kappa shape index (κ2) is 4.59. The van der Waals surface area contributed by atoms with Gasteiger partial charge in [0.25, 0.3) is 11.3 Å². The predicted octanol–water partition coefficient (Wildman–Crippen LogP) is 5.61. The summed E-state index contributed by atoms with van der Waals surface area (Å²) >= 11 is 0. The average molecular weight is 458 g/mol. The summed E-state index contributed by atoms with van der Waals surface area (Å²) in [6.07, 6.45) is 0. The fourth-order valence-electron chi connectivity index (χ4n) is 3.22. The van der Waals surface area contributed by atoms with Crippen LogP contribution in [0.15, 0.2) is 0 Å². The maximum atomic E-state index is 14.5. The summed E-state index contributed by atoms with van der Waals surface area (Å²) in [4.78, 5) is 0. The molecule has 2 aliphatic carbocycles. The molecule has 2 saturated carbocycles. The Bertz CT molecular complexity index is 588. The molecule has 166 valence electrons. The van der Waals surface area contributed by atoms with E-state index in [0.717, 1.165) is 0 Å². The van der Waals surface area contributed by atoms with E-state index in [9.17, 15) is 74.6 Å². The molecule has 2 rings (SSSR count). The van der Waals surface area contributed by atoms with Crippen molar-refractivity contribution in [1.82, 2.24) is 0 Å². The molecule has 0 saturated heterocycles. The number of rotatable bonds is 0. The van der Waals surface area contributed by atoms with E-state index in [1.54, 1.807) is 0 Å². The van der Waals surface area contributed by atoms with Crippen LogP contribution in [0.4, 0.5) is 74.6 Å². The summed E-state index contributed by atoms with van der Waals surface area (Å²) < 4.78 is 231. The number of hydrogen-bond donors (Lipinski definition) is 0. The lowest BCUT2D eigenvalue weighted by molar-refractivity contribution is -0.545. The van der Waals surface area contributed by atoms with Gasteiger partial charge in [-0.25, -0.2) is 13.2 Å². The second-order valence-electron chi connectivity index (χ2n) is 6.34. The summed E-state index contributed by atoms with van der Waals surface area (Å²) in [6, 6.07) is 0. The third-order valence-electron chi connectivity index (χ3n) is 4.98. The Morgan fingerprint density at radius 2 is 0.500 bits per heavy atom. The van der Waals surface area contributed by atoms with Crippen LogP contribution in [-0.4, -0.2) is 58.5 Å². The SMILES string of the molecule is C[C@]1(F)C(F)(F)C(F)(F)C(F)(F)[C@@]2(F)C(F)(F)C(F)(F)C(F)(F)C(F)(F)[C@]21F. The Morgan fingerprint density at radius 1 is 0.286 bits per heavy atom. The fourth-order valence-corrected chi connectivity index (χ4v) is 3.22. The van der Waals surface area contributed by atoms with Gasteiger partial charge < -0.3 is 0 Å². The number of hydrogen-bond acceptors (Lipinski definition) is 0. The smallest absolute Gasteiger partial charge is 0.233 e. The first-order chi connectivity index (χ1) is 11.8. The Labute approximate surface area is 141 Å². The molecule has 3 atom stereocenters. The van der Waals surface area contributed by atoms with Crippen LogP contribution in [0.1, 0.15) is 6.92 Å². The molecule has 0 heterocycles. The van der Waals surface area contributed by atoms with Gasteiger partial charge in [0.05, 0.1) is 0 Å². The fraction of sp³-hybridized carbons (Fsp3) is 1.00. The van der Waals surface area contributed by atoms with Gasteiger partial charge in [-0.2, -0.15) is 61.5 Å². The molecule has 0 radical (unpaired) electrons. The van der Waals surface area contributed by atoms with Crippen molar-refractivity contribution < 1.29 is 74.6 Å². The predicted molar refractivity (Wildman–Crippen MR) is 51.8 cm³/mol.